The fraction of sp³-hybridized carbons (Fsp3) is 0.217. The standard InChI is InChI=1S/C23H20ClN3O5S3/c1-13(31-2)19(20(24)29)27-21(30)18(26-17(28)12-32-14-8-4-3-5-9-14)22(27)34-35-23-25-15-10-6-7-11-16(15)33-23/h3-11,18,22H,12H2,1-2H3,(H,26,28). The molecule has 2 atom stereocenters. The zero-order valence-electron chi connectivity index (χ0n) is 18.6. The van der Waals surface area contributed by atoms with Gasteiger partial charge in [0.25, 0.3) is 17.1 Å². The third-order valence-electron chi connectivity index (χ3n) is 5.03. The second-order valence-corrected chi connectivity index (χ2v) is 11.2. The molecule has 0 radical (unpaired) electrons. The van der Waals surface area contributed by atoms with Crippen molar-refractivity contribution in [2.75, 3.05) is 13.7 Å². The Bertz CT molecular complexity index is 1250. The van der Waals surface area contributed by atoms with Crippen LogP contribution in [0.25, 0.3) is 10.2 Å². The number of ether oxygens (including phenoxy) is 2. The van der Waals surface area contributed by atoms with E-state index in [4.69, 9.17) is 21.1 Å². The number of carbonyl (C=O) groups excluding carboxylic acids is 3. The van der Waals surface area contributed by atoms with Crippen LogP contribution in [0.4, 0.5) is 0 Å². The number of nitrogens with zero attached hydrogens (tertiary/aromatic N) is 2. The molecule has 1 aliphatic rings. The number of fused-ring (bicyclic) bond motifs is 1. The van der Waals surface area contributed by atoms with Crippen molar-refractivity contribution in [3.8, 4) is 5.75 Å². The number of carbonyl (C=O) groups is 3. The third kappa shape index (κ3) is 5.75. The van der Waals surface area contributed by atoms with Crippen molar-refractivity contribution >= 4 is 71.8 Å². The van der Waals surface area contributed by atoms with Gasteiger partial charge in [0.2, 0.25) is 0 Å². The van der Waals surface area contributed by atoms with Crippen LogP contribution in [0.1, 0.15) is 6.92 Å². The van der Waals surface area contributed by atoms with Gasteiger partial charge in [-0.15, -0.1) is 11.3 Å². The number of methoxy groups -OCH3 is 1. The van der Waals surface area contributed by atoms with Crippen LogP contribution >= 0.6 is 44.5 Å². The van der Waals surface area contributed by atoms with Gasteiger partial charge in [-0.05, 0) is 53.6 Å². The maximum absolute atomic E-state index is 13.0. The van der Waals surface area contributed by atoms with Crippen LogP contribution in [-0.2, 0) is 19.1 Å². The van der Waals surface area contributed by atoms with Gasteiger partial charge in [0.05, 0.1) is 17.3 Å². The summed E-state index contributed by atoms with van der Waals surface area (Å²) in [6, 6.07) is 15.7. The van der Waals surface area contributed by atoms with Gasteiger partial charge in [0.1, 0.15) is 28.6 Å². The van der Waals surface area contributed by atoms with Gasteiger partial charge in [-0.1, -0.05) is 41.1 Å². The van der Waals surface area contributed by atoms with Crippen molar-refractivity contribution < 1.29 is 23.9 Å². The van der Waals surface area contributed by atoms with Crippen LogP contribution in [0.5, 0.6) is 5.75 Å². The molecule has 1 aromatic heterocycles. The lowest BCUT2D eigenvalue weighted by molar-refractivity contribution is -0.147. The number of amides is 2. The smallest absolute Gasteiger partial charge is 0.272 e. The Hall–Kier alpha value is -2.73. The summed E-state index contributed by atoms with van der Waals surface area (Å²) in [4.78, 5) is 43.6. The molecule has 1 saturated heterocycles. The number of thiazole rings is 1. The Kier molecular flexibility index (Phi) is 8.22. The number of likely N-dealkylation sites (tertiary alicyclic amines) is 1. The number of rotatable bonds is 10. The third-order valence-corrected chi connectivity index (χ3v) is 9.22. The first-order valence-corrected chi connectivity index (χ1v) is 13.7. The summed E-state index contributed by atoms with van der Waals surface area (Å²) >= 11 is 7.31. The zero-order chi connectivity index (χ0) is 24.9. The van der Waals surface area contributed by atoms with Crippen LogP contribution < -0.4 is 10.1 Å². The number of hydrogen-bond acceptors (Lipinski definition) is 9. The summed E-state index contributed by atoms with van der Waals surface area (Å²) < 4.78 is 12.5. The Labute approximate surface area is 218 Å². The molecular weight excluding hydrogens is 530 g/mol. The van der Waals surface area contributed by atoms with E-state index in [0.717, 1.165) is 14.6 Å². The fourth-order valence-corrected chi connectivity index (χ4v) is 7.43. The lowest BCUT2D eigenvalue weighted by Crippen LogP contribution is -2.69. The Balaban J connectivity index is 1.50. The fourth-order valence-electron chi connectivity index (χ4n) is 3.29. The van der Waals surface area contributed by atoms with Gasteiger partial charge in [-0.2, -0.15) is 0 Å². The monoisotopic (exact) mass is 549 g/mol. The van der Waals surface area contributed by atoms with Crippen molar-refractivity contribution in [3.05, 3.63) is 66.1 Å². The first-order valence-electron chi connectivity index (χ1n) is 10.3. The van der Waals surface area contributed by atoms with E-state index >= 15 is 0 Å². The second kappa shape index (κ2) is 11.3. The van der Waals surface area contributed by atoms with Gasteiger partial charge < -0.3 is 14.8 Å². The minimum atomic E-state index is -0.885. The normalized spacial score (nSPS) is 18.0. The van der Waals surface area contributed by atoms with E-state index < -0.39 is 28.5 Å². The maximum Gasteiger partial charge on any atom is 0.272 e. The van der Waals surface area contributed by atoms with E-state index in [1.165, 1.54) is 44.9 Å². The lowest BCUT2D eigenvalue weighted by atomic mass is 10.1. The molecule has 1 N–H and O–H groups in total. The number of halogens is 1. The molecule has 2 unspecified atom stereocenters. The molecule has 2 aromatic carbocycles. The molecule has 8 nitrogen and oxygen atoms in total. The minimum Gasteiger partial charge on any atom is -0.499 e. The molecule has 1 aliphatic heterocycles. The lowest BCUT2D eigenvalue weighted by Gasteiger charge is -2.46. The SMILES string of the molecule is COC(C)=C(C(=O)Cl)N1C(=O)C(NC(=O)COc2ccccc2)C1SSc1nc2ccccc2s1. The average molecular weight is 550 g/mol. The Morgan fingerprint density at radius 2 is 1.89 bits per heavy atom. The van der Waals surface area contributed by atoms with Crippen LogP contribution in [-0.4, -0.2) is 52.1 Å². The van der Waals surface area contributed by atoms with Crippen LogP contribution in [0.2, 0.25) is 0 Å². The van der Waals surface area contributed by atoms with E-state index in [9.17, 15) is 14.4 Å². The predicted molar refractivity (Wildman–Crippen MR) is 138 cm³/mol. The summed E-state index contributed by atoms with van der Waals surface area (Å²) in [6.45, 7) is 1.29. The molecule has 0 aliphatic carbocycles. The van der Waals surface area contributed by atoms with Crippen LogP contribution in [0, 0.1) is 0 Å². The van der Waals surface area contributed by atoms with Crippen LogP contribution in [0.15, 0.2) is 70.4 Å². The highest BCUT2D eigenvalue weighted by Gasteiger charge is 2.52. The molecular formula is C23H20ClN3O5S3. The molecule has 4 rings (SSSR count). The number of benzene rings is 2. The van der Waals surface area contributed by atoms with E-state index in [0.29, 0.717) is 5.75 Å². The highest BCUT2D eigenvalue weighted by molar-refractivity contribution is 8.77. The number of para-hydroxylation sites is 2. The predicted octanol–water partition coefficient (Wildman–Crippen LogP) is 4.41. The van der Waals surface area contributed by atoms with E-state index in [-0.39, 0.29) is 18.1 Å². The molecule has 2 heterocycles. The summed E-state index contributed by atoms with van der Waals surface area (Å²) in [5, 5.41) is 1.26. The molecule has 0 saturated carbocycles. The number of nitrogens with one attached hydrogen (secondary N) is 1. The molecule has 2 amide bonds. The van der Waals surface area contributed by atoms with Crippen molar-refractivity contribution in [1.82, 2.24) is 15.2 Å². The zero-order valence-corrected chi connectivity index (χ0v) is 21.8. The highest BCUT2D eigenvalue weighted by atomic mass is 35.5. The molecule has 1 fully saturated rings. The van der Waals surface area contributed by atoms with Crippen molar-refractivity contribution in [1.29, 1.82) is 0 Å². The first kappa shape index (κ1) is 25.4. The molecule has 3 aromatic rings. The Morgan fingerprint density at radius 1 is 1.17 bits per heavy atom. The molecule has 0 spiro atoms. The van der Waals surface area contributed by atoms with Crippen molar-refractivity contribution in [2.45, 2.75) is 22.7 Å². The number of aromatic nitrogens is 1. The van der Waals surface area contributed by atoms with Gasteiger partial charge in [0, 0.05) is 0 Å². The van der Waals surface area contributed by atoms with Crippen molar-refractivity contribution in [2.24, 2.45) is 0 Å². The summed E-state index contributed by atoms with van der Waals surface area (Å²) in [7, 11) is 4.04. The van der Waals surface area contributed by atoms with Gasteiger partial charge in [0.15, 0.2) is 10.9 Å². The molecule has 35 heavy (non-hydrogen) atoms. The van der Waals surface area contributed by atoms with E-state index in [1.54, 1.807) is 31.2 Å². The van der Waals surface area contributed by atoms with Gasteiger partial charge >= 0.3 is 0 Å². The highest BCUT2D eigenvalue weighted by Crippen LogP contribution is 2.45. The number of β-lactam (4-membered cyclic amide) rings is 1. The second-order valence-electron chi connectivity index (χ2n) is 7.26. The molecule has 182 valence electrons. The van der Waals surface area contributed by atoms with E-state index in [1.807, 2.05) is 30.3 Å². The minimum absolute atomic E-state index is 0.0624. The number of hydrogen-bond donors (Lipinski definition) is 1. The average Bonchev–Trinajstić information content (AvgIpc) is 3.28. The summed E-state index contributed by atoms with van der Waals surface area (Å²) in [5.41, 5.74) is 0.810. The molecule has 12 heteroatoms. The van der Waals surface area contributed by atoms with E-state index in [2.05, 4.69) is 10.3 Å². The largest absolute Gasteiger partial charge is 0.499 e. The van der Waals surface area contributed by atoms with Gasteiger partial charge in [-0.25, -0.2) is 4.98 Å². The quantitative estimate of drug-likeness (QED) is 0.131. The molecule has 0 bridgehead atoms. The first-order chi connectivity index (χ1) is 16.9. The Morgan fingerprint density at radius 3 is 2.57 bits per heavy atom. The van der Waals surface area contributed by atoms with Crippen molar-refractivity contribution in [3.63, 3.8) is 0 Å². The van der Waals surface area contributed by atoms with Crippen LogP contribution in [0.3, 0.4) is 0 Å². The summed E-state index contributed by atoms with van der Waals surface area (Å²) in [5.74, 6) is -0.198. The number of allylic oxidation sites excluding steroid dienone is 2. The summed E-state index contributed by atoms with van der Waals surface area (Å²) in [6.07, 6.45) is 0. The maximum atomic E-state index is 13.0. The van der Waals surface area contributed by atoms with Gasteiger partial charge in [-0.3, -0.25) is 19.3 Å². The topological polar surface area (TPSA) is 97.8 Å².